The van der Waals surface area contributed by atoms with Gasteiger partial charge in [-0.2, -0.15) is 0 Å². The number of carboxylic acid groups (broad SMARTS) is 1. The van der Waals surface area contributed by atoms with Crippen LogP contribution in [0.3, 0.4) is 0 Å². The predicted octanol–water partition coefficient (Wildman–Crippen LogP) is 2.35. The van der Waals surface area contributed by atoms with Gasteiger partial charge in [0, 0.05) is 6.04 Å². The van der Waals surface area contributed by atoms with Crippen LogP contribution in [0.2, 0.25) is 0 Å². The van der Waals surface area contributed by atoms with E-state index in [9.17, 15) is 4.79 Å². The van der Waals surface area contributed by atoms with Crippen molar-refractivity contribution in [1.82, 2.24) is 5.32 Å². The molecule has 2 unspecified atom stereocenters. The van der Waals surface area contributed by atoms with Crippen molar-refractivity contribution in [2.45, 2.75) is 38.3 Å². The van der Waals surface area contributed by atoms with Crippen LogP contribution in [0.25, 0.3) is 0 Å². The Balaban J connectivity index is 2.10. The number of benzene rings is 1. The van der Waals surface area contributed by atoms with E-state index in [0.29, 0.717) is 13.0 Å². The van der Waals surface area contributed by atoms with Crippen molar-refractivity contribution < 1.29 is 14.6 Å². The second kappa shape index (κ2) is 5.87. The molecule has 0 radical (unpaired) electrons. The number of nitrogens with one attached hydrogen (secondary N) is 1. The molecular weight excluding hydrogens is 230 g/mol. The van der Waals surface area contributed by atoms with Crippen LogP contribution in [0.5, 0.6) is 5.75 Å². The molecule has 0 amide bonds. The molecule has 1 aromatic carbocycles. The molecule has 0 spiro atoms. The second-order valence-corrected chi connectivity index (χ2v) is 4.55. The molecule has 2 rings (SSSR count). The average molecular weight is 249 g/mol. The third-order valence-corrected chi connectivity index (χ3v) is 3.26. The molecule has 0 saturated carbocycles. The minimum Gasteiger partial charge on any atom is -0.494 e. The number of aliphatic carboxylic acids is 1. The minimum atomic E-state index is -0.763. The number of hydrogen-bond donors (Lipinski definition) is 2. The summed E-state index contributed by atoms with van der Waals surface area (Å²) in [6, 6.07) is 7.56. The Labute approximate surface area is 107 Å². The maximum Gasteiger partial charge on any atom is 0.320 e. The number of carbonyl (C=O) groups is 1. The summed E-state index contributed by atoms with van der Waals surface area (Å²) in [6.45, 7) is 2.59. The van der Waals surface area contributed by atoms with Crippen LogP contribution in [0.4, 0.5) is 0 Å². The Morgan fingerprint density at radius 2 is 2.33 bits per heavy atom. The lowest BCUT2D eigenvalue weighted by molar-refractivity contribution is -0.140. The Morgan fingerprint density at radius 3 is 3.06 bits per heavy atom. The largest absolute Gasteiger partial charge is 0.494 e. The molecule has 1 aliphatic rings. The monoisotopic (exact) mass is 249 g/mol. The zero-order chi connectivity index (χ0) is 13.0. The van der Waals surface area contributed by atoms with E-state index in [-0.39, 0.29) is 6.04 Å². The van der Waals surface area contributed by atoms with Crippen LogP contribution in [0.15, 0.2) is 24.3 Å². The summed E-state index contributed by atoms with van der Waals surface area (Å²) in [4.78, 5) is 11.0. The number of carboxylic acids is 1. The summed E-state index contributed by atoms with van der Waals surface area (Å²) in [5, 5.41) is 12.2. The number of hydrogen-bond acceptors (Lipinski definition) is 3. The maximum absolute atomic E-state index is 11.0. The standard InChI is InChI=1S/C14H19NO3/c1-2-18-11-6-3-5-10(9-11)12-7-4-8-13(15-12)14(16)17/h3,5-6,9,12-13,15H,2,4,7-8H2,1H3,(H,16,17). The van der Waals surface area contributed by atoms with Gasteiger partial charge in [-0.25, -0.2) is 0 Å². The quantitative estimate of drug-likeness (QED) is 0.860. The summed E-state index contributed by atoms with van der Waals surface area (Å²) >= 11 is 0. The van der Waals surface area contributed by atoms with Crippen LogP contribution in [-0.2, 0) is 4.79 Å². The molecule has 0 bridgehead atoms. The van der Waals surface area contributed by atoms with Gasteiger partial charge in [0.1, 0.15) is 11.8 Å². The van der Waals surface area contributed by atoms with Crippen molar-refractivity contribution in [3.05, 3.63) is 29.8 Å². The van der Waals surface area contributed by atoms with Gasteiger partial charge in [0.25, 0.3) is 0 Å². The van der Waals surface area contributed by atoms with Crippen molar-refractivity contribution in [1.29, 1.82) is 0 Å². The molecule has 0 aliphatic carbocycles. The summed E-state index contributed by atoms with van der Waals surface area (Å²) < 4.78 is 5.47. The van der Waals surface area contributed by atoms with Crippen LogP contribution >= 0.6 is 0 Å². The molecule has 18 heavy (non-hydrogen) atoms. The first-order valence-electron chi connectivity index (χ1n) is 6.42. The summed E-state index contributed by atoms with van der Waals surface area (Å²) in [7, 11) is 0. The topological polar surface area (TPSA) is 58.6 Å². The maximum atomic E-state index is 11.0. The molecule has 1 fully saturated rings. The predicted molar refractivity (Wildman–Crippen MR) is 68.8 cm³/mol. The zero-order valence-corrected chi connectivity index (χ0v) is 10.6. The Kier molecular flexibility index (Phi) is 4.20. The molecule has 0 aromatic heterocycles. The molecule has 98 valence electrons. The van der Waals surface area contributed by atoms with Gasteiger partial charge in [-0.05, 0) is 43.9 Å². The van der Waals surface area contributed by atoms with Crippen LogP contribution in [-0.4, -0.2) is 23.7 Å². The van der Waals surface area contributed by atoms with Crippen LogP contribution in [0.1, 0.15) is 37.8 Å². The second-order valence-electron chi connectivity index (χ2n) is 4.55. The fraction of sp³-hybridized carbons (Fsp3) is 0.500. The lowest BCUT2D eigenvalue weighted by Crippen LogP contribution is -2.42. The van der Waals surface area contributed by atoms with E-state index in [1.165, 1.54) is 0 Å². The highest BCUT2D eigenvalue weighted by Crippen LogP contribution is 2.27. The molecule has 1 saturated heterocycles. The van der Waals surface area contributed by atoms with E-state index >= 15 is 0 Å². The van der Waals surface area contributed by atoms with Gasteiger partial charge in [-0.3, -0.25) is 10.1 Å². The van der Waals surface area contributed by atoms with Gasteiger partial charge < -0.3 is 9.84 Å². The van der Waals surface area contributed by atoms with Gasteiger partial charge in [-0.15, -0.1) is 0 Å². The summed E-state index contributed by atoms with van der Waals surface area (Å²) in [5.74, 6) is 0.0786. The van der Waals surface area contributed by atoms with Gasteiger partial charge in [0.05, 0.1) is 6.61 Å². The van der Waals surface area contributed by atoms with Gasteiger partial charge in [-0.1, -0.05) is 12.1 Å². The van der Waals surface area contributed by atoms with E-state index in [0.717, 1.165) is 24.2 Å². The van der Waals surface area contributed by atoms with E-state index in [2.05, 4.69) is 5.32 Å². The van der Waals surface area contributed by atoms with Gasteiger partial charge in [0.2, 0.25) is 0 Å². The first kappa shape index (κ1) is 12.9. The SMILES string of the molecule is CCOc1cccc(C2CCCC(C(=O)O)N2)c1. The van der Waals surface area contributed by atoms with E-state index in [4.69, 9.17) is 9.84 Å². The summed E-state index contributed by atoms with van der Waals surface area (Å²) in [5.41, 5.74) is 1.10. The highest BCUT2D eigenvalue weighted by atomic mass is 16.5. The van der Waals surface area contributed by atoms with Crippen molar-refractivity contribution in [2.75, 3.05) is 6.61 Å². The van der Waals surface area contributed by atoms with Crippen molar-refractivity contribution in [3.63, 3.8) is 0 Å². The molecule has 4 nitrogen and oxygen atoms in total. The molecule has 2 N–H and O–H groups in total. The first-order valence-corrected chi connectivity index (χ1v) is 6.42. The molecular formula is C14H19NO3. The minimum absolute atomic E-state index is 0.111. The number of ether oxygens (including phenoxy) is 1. The normalized spacial score (nSPS) is 23.6. The van der Waals surface area contributed by atoms with Crippen molar-refractivity contribution in [3.8, 4) is 5.75 Å². The Hall–Kier alpha value is -1.55. The molecule has 2 atom stereocenters. The fourth-order valence-corrected chi connectivity index (χ4v) is 2.38. The molecule has 4 heteroatoms. The van der Waals surface area contributed by atoms with Crippen LogP contribution in [0, 0.1) is 0 Å². The lowest BCUT2D eigenvalue weighted by atomic mass is 9.93. The average Bonchev–Trinajstić information content (AvgIpc) is 2.39. The van der Waals surface area contributed by atoms with Gasteiger partial charge in [0.15, 0.2) is 0 Å². The Morgan fingerprint density at radius 1 is 1.50 bits per heavy atom. The Bertz CT molecular complexity index is 419. The fourth-order valence-electron chi connectivity index (χ4n) is 2.38. The summed E-state index contributed by atoms with van der Waals surface area (Å²) in [6.07, 6.45) is 2.61. The number of piperidine rings is 1. The van der Waals surface area contributed by atoms with E-state index in [1.807, 2.05) is 31.2 Å². The van der Waals surface area contributed by atoms with Crippen molar-refractivity contribution >= 4 is 5.97 Å². The highest BCUT2D eigenvalue weighted by molar-refractivity contribution is 5.73. The molecule has 1 aromatic rings. The number of rotatable bonds is 4. The van der Waals surface area contributed by atoms with E-state index in [1.54, 1.807) is 0 Å². The smallest absolute Gasteiger partial charge is 0.320 e. The van der Waals surface area contributed by atoms with Gasteiger partial charge >= 0.3 is 5.97 Å². The third kappa shape index (κ3) is 3.01. The molecule has 1 aliphatic heterocycles. The van der Waals surface area contributed by atoms with Crippen molar-refractivity contribution in [2.24, 2.45) is 0 Å². The first-order chi connectivity index (χ1) is 8.70. The lowest BCUT2D eigenvalue weighted by Gasteiger charge is -2.29. The third-order valence-electron chi connectivity index (χ3n) is 3.26. The highest BCUT2D eigenvalue weighted by Gasteiger charge is 2.26. The zero-order valence-electron chi connectivity index (χ0n) is 10.6. The molecule has 1 heterocycles. The van der Waals surface area contributed by atoms with Crippen LogP contribution < -0.4 is 10.1 Å². The van der Waals surface area contributed by atoms with E-state index < -0.39 is 12.0 Å².